The van der Waals surface area contributed by atoms with Gasteiger partial charge < -0.3 is 5.73 Å². The average Bonchev–Trinajstić information content (AvgIpc) is 2.90. The molecular formula is C13H22N2S. The Labute approximate surface area is 102 Å². The van der Waals surface area contributed by atoms with E-state index in [-0.39, 0.29) is 5.54 Å². The van der Waals surface area contributed by atoms with Crippen LogP contribution in [-0.2, 0) is 5.54 Å². The molecule has 1 fully saturated rings. The van der Waals surface area contributed by atoms with Crippen LogP contribution in [0.25, 0.3) is 0 Å². The van der Waals surface area contributed by atoms with Crippen molar-refractivity contribution in [2.75, 3.05) is 0 Å². The highest BCUT2D eigenvalue weighted by Crippen LogP contribution is 2.39. The molecule has 1 unspecified atom stereocenters. The van der Waals surface area contributed by atoms with Crippen molar-refractivity contribution in [1.29, 1.82) is 0 Å². The van der Waals surface area contributed by atoms with E-state index in [4.69, 9.17) is 10.7 Å². The first kappa shape index (κ1) is 12.1. The Kier molecular flexibility index (Phi) is 3.36. The molecule has 0 aromatic carbocycles. The first-order valence-corrected chi connectivity index (χ1v) is 7.14. The number of nitrogens with two attached hydrogens (primary N) is 1. The lowest BCUT2D eigenvalue weighted by Crippen LogP contribution is -2.40. The van der Waals surface area contributed by atoms with Gasteiger partial charge in [0.1, 0.15) is 5.01 Å². The molecule has 16 heavy (non-hydrogen) atoms. The molecule has 0 aliphatic heterocycles. The van der Waals surface area contributed by atoms with Gasteiger partial charge in [-0.2, -0.15) is 0 Å². The Morgan fingerprint density at radius 2 is 2.06 bits per heavy atom. The fourth-order valence-electron chi connectivity index (χ4n) is 2.50. The number of rotatable bonds is 3. The molecule has 90 valence electrons. The largest absolute Gasteiger partial charge is 0.319 e. The predicted molar refractivity (Wildman–Crippen MR) is 69.7 cm³/mol. The van der Waals surface area contributed by atoms with E-state index >= 15 is 0 Å². The highest BCUT2D eigenvalue weighted by atomic mass is 32.1. The minimum atomic E-state index is -0.214. The van der Waals surface area contributed by atoms with Gasteiger partial charge in [-0.3, -0.25) is 0 Å². The zero-order chi connectivity index (χ0) is 11.8. The van der Waals surface area contributed by atoms with Crippen molar-refractivity contribution in [3.8, 4) is 0 Å². The lowest BCUT2D eigenvalue weighted by atomic mass is 9.86. The summed E-state index contributed by atoms with van der Waals surface area (Å²) in [4.78, 5) is 4.72. The molecule has 1 aromatic rings. The predicted octanol–water partition coefficient (Wildman–Crippen LogP) is 3.63. The maximum absolute atomic E-state index is 6.50. The van der Waals surface area contributed by atoms with Gasteiger partial charge in [0.15, 0.2) is 0 Å². The number of aromatic nitrogens is 1. The molecule has 0 bridgehead atoms. The molecule has 2 N–H and O–H groups in total. The normalized spacial score (nSPS) is 21.6. The summed E-state index contributed by atoms with van der Waals surface area (Å²) in [6, 6.07) is 0. The SMILES string of the molecule is CC(C)c1csc(C(C)(N)C2CCCC2)n1. The smallest absolute Gasteiger partial charge is 0.113 e. The summed E-state index contributed by atoms with van der Waals surface area (Å²) in [5, 5.41) is 3.29. The molecule has 0 saturated heterocycles. The second-order valence-corrected chi connectivity index (χ2v) is 6.35. The number of hydrogen-bond acceptors (Lipinski definition) is 3. The van der Waals surface area contributed by atoms with Crippen LogP contribution in [0.1, 0.15) is 63.1 Å². The van der Waals surface area contributed by atoms with Gasteiger partial charge in [-0.1, -0.05) is 26.7 Å². The molecule has 0 spiro atoms. The van der Waals surface area contributed by atoms with Crippen LogP contribution >= 0.6 is 11.3 Å². The molecule has 1 atom stereocenters. The standard InChI is InChI=1S/C13H22N2S/c1-9(2)11-8-16-12(15-11)13(3,14)10-6-4-5-7-10/h8-10H,4-7,14H2,1-3H3. The van der Waals surface area contributed by atoms with Gasteiger partial charge in [0.25, 0.3) is 0 Å². The molecule has 3 heteroatoms. The molecule has 0 radical (unpaired) electrons. The van der Waals surface area contributed by atoms with Gasteiger partial charge in [0, 0.05) is 5.38 Å². The van der Waals surface area contributed by atoms with Crippen LogP contribution < -0.4 is 5.73 Å². The maximum atomic E-state index is 6.50. The topological polar surface area (TPSA) is 38.9 Å². The van der Waals surface area contributed by atoms with E-state index in [2.05, 4.69) is 26.2 Å². The zero-order valence-corrected chi connectivity index (χ0v) is 11.3. The van der Waals surface area contributed by atoms with Crippen LogP contribution in [0.15, 0.2) is 5.38 Å². The van der Waals surface area contributed by atoms with Gasteiger partial charge in [0.2, 0.25) is 0 Å². The van der Waals surface area contributed by atoms with E-state index in [9.17, 15) is 0 Å². The summed E-state index contributed by atoms with van der Waals surface area (Å²) in [6.07, 6.45) is 5.20. The monoisotopic (exact) mass is 238 g/mol. The van der Waals surface area contributed by atoms with Crippen LogP contribution in [0.4, 0.5) is 0 Å². The lowest BCUT2D eigenvalue weighted by molar-refractivity contribution is 0.305. The quantitative estimate of drug-likeness (QED) is 0.873. The summed E-state index contributed by atoms with van der Waals surface area (Å²) in [5.41, 5.74) is 7.48. The van der Waals surface area contributed by atoms with Gasteiger partial charge in [0.05, 0.1) is 11.2 Å². The number of thiazole rings is 1. The number of hydrogen-bond donors (Lipinski definition) is 1. The van der Waals surface area contributed by atoms with Gasteiger partial charge in [-0.05, 0) is 31.6 Å². The Balaban J connectivity index is 2.20. The van der Waals surface area contributed by atoms with E-state index in [0.29, 0.717) is 11.8 Å². The molecule has 2 rings (SSSR count). The van der Waals surface area contributed by atoms with Crippen LogP contribution in [0.5, 0.6) is 0 Å². The molecule has 2 nitrogen and oxygen atoms in total. The van der Waals surface area contributed by atoms with Gasteiger partial charge >= 0.3 is 0 Å². The van der Waals surface area contributed by atoms with Crippen molar-refractivity contribution >= 4 is 11.3 Å². The van der Waals surface area contributed by atoms with E-state index in [0.717, 1.165) is 5.01 Å². The van der Waals surface area contributed by atoms with Crippen molar-refractivity contribution < 1.29 is 0 Å². The average molecular weight is 238 g/mol. The summed E-state index contributed by atoms with van der Waals surface area (Å²) in [6.45, 7) is 6.52. The van der Waals surface area contributed by atoms with Crippen molar-refractivity contribution in [2.45, 2.75) is 57.9 Å². The third-order valence-corrected chi connectivity index (χ3v) is 4.89. The molecule has 0 amide bonds. The minimum Gasteiger partial charge on any atom is -0.319 e. The summed E-state index contributed by atoms with van der Waals surface area (Å²) in [7, 11) is 0. The van der Waals surface area contributed by atoms with Crippen LogP contribution in [0.3, 0.4) is 0 Å². The second-order valence-electron chi connectivity index (χ2n) is 5.50. The third-order valence-electron chi connectivity index (χ3n) is 3.78. The minimum absolute atomic E-state index is 0.214. The molecule has 1 aromatic heterocycles. The van der Waals surface area contributed by atoms with Crippen LogP contribution in [-0.4, -0.2) is 4.98 Å². The molecule has 1 heterocycles. The maximum Gasteiger partial charge on any atom is 0.113 e. The van der Waals surface area contributed by atoms with Crippen molar-refractivity contribution in [2.24, 2.45) is 11.7 Å². The first-order valence-electron chi connectivity index (χ1n) is 6.26. The first-order chi connectivity index (χ1) is 7.51. The highest BCUT2D eigenvalue weighted by molar-refractivity contribution is 7.09. The van der Waals surface area contributed by atoms with E-state index in [1.165, 1.54) is 31.4 Å². The fraction of sp³-hybridized carbons (Fsp3) is 0.769. The van der Waals surface area contributed by atoms with Crippen molar-refractivity contribution in [1.82, 2.24) is 4.98 Å². The Hall–Kier alpha value is -0.410. The Morgan fingerprint density at radius 1 is 1.44 bits per heavy atom. The summed E-state index contributed by atoms with van der Waals surface area (Å²) >= 11 is 1.74. The molecule has 1 aliphatic rings. The second kappa shape index (κ2) is 4.46. The number of nitrogens with zero attached hydrogens (tertiary/aromatic N) is 1. The van der Waals surface area contributed by atoms with Crippen LogP contribution in [0, 0.1) is 5.92 Å². The molecule has 1 saturated carbocycles. The third kappa shape index (κ3) is 2.16. The Bertz CT molecular complexity index is 349. The summed E-state index contributed by atoms with van der Waals surface area (Å²) < 4.78 is 0. The zero-order valence-electron chi connectivity index (χ0n) is 10.5. The van der Waals surface area contributed by atoms with Gasteiger partial charge in [-0.15, -0.1) is 11.3 Å². The van der Waals surface area contributed by atoms with E-state index < -0.39 is 0 Å². The summed E-state index contributed by atoms with van der Waals surface area (Å²) in [5.74, 6) is 1.13. The van der Waals surface area contributed by atoms with Crippen molar-refractivity contribution in [3.05, 3.63) is 16.1 Å². The van der Waals surface area contributed by atoms with Crippen LogP contribution in [0.2, 0.25) is 0 Å². The lowest BCUT2D eigenvalue weighted by Gasteiger charge is -2.29. The van der Waals surface area contributed by atoms with E-state index in [1.807, 2.05) is 0 Å². The van der Waals surface area contributed by atoms with Crippen molar-refractivity contribution in [3.63, 3.8) is 0 Å². The van der Waals surface area contributed by atoms with E-state index in [1.54, 1.807) is 11.3 Å². The fourth-order valence-corrected chi connectivity index (χ4v) is 3.63. The highest BCUT2D eigenvalue weighted by Gasteiger charge is 2.36. The molecule has 1 aliphatic carbocycles. The molecular weight excluding hydrogens is 216 g/mol. The van der Waals surface area contributed by atoms with Gasteiger partial charge in [-0.25, -0.2) is 4.98 Å². The Morgan fingerprint density at radius 3 is 2.56 bits per heavy atom.